The summed E-state index contributed by atoms with van der Waals surface area (Å²) in [7, 11) is 3.63. The third-order valence-electron chi connectivity index (χ3n) is 6.49. The Balaban J connectivity index is 1.38. The van der Waals surface area contributed by atoms with Crippen LogP contribution in [0.4, 0.5) is 4.79 Å². The lowest BCUT2D eigenvalue weighted by Gasteiger charge is -2.42. The maximum absolute atomic E-state index is 12.6. The molecule has 3 amide bonds. The zero-order valence-electron chi connectivity index (χ0n) is 16.6. The summed E-state index contributed by atoms with van der Waals surface area (Å²) in [6, 6.07) is 1.12. The SMILES string of the molecule is CN(C)C(=O)N1CCC(N2CCC(C(=O)NC3CCCCC3)CC2)CC1. The lowest BCUT2D eigenvalue weighted by molar-refractivity contribution is -0.127. The normalized spacial score (nSPS) is 24.5. The van der Waals surface area contributed by atoms with Gasteiger partial charge >= 0.3 is 6.03 Å². The maximum Gasteiger partial charge on any atom is 0.319 e. The number of piperidine rings is 2. The smallest absolute Gasteiger partial charge is 0.319 e. The highest BCUT2D eigenvalue weighted by Crippen LogP contribution is 2.25. The number of hydrogen-bond acceptors (Lipinski definition) is 3. The molecule has 1 aliphatic carbocycles. The Bertz CT molecular complexity index is 474. The van der Waals surface area contributed by atoms with Gasteiger partial charge in [0.1, 0.15) is 0 Å². The summed E-state index contributed by atoms with van der Waals surface area (Å²) in [4.78, 5) is 30.8. The van der Waals surface area contributed by atoms with Crippen LogP contribution in [0, 0.1) is 5.92 Å². The first kappa shape index (κ1) is 19.5. The Labute approximate surface area is 158 Å². The van der Waals surface area contributed by atoms with E-state index in [-0.39, 0.29) is 11.9 Å². The van der Waals surface area contributed by atoms with Crippen molar-refractivity contribution in [1.29, 1.82) is 0 Å². The second-order valence-corrected chi connectivity index (χ2v) is 8.55. The first-order valence-corrected chi connectivity index (χ1v) is 10.5. The van der Waals surface area contributed by atoms with Crippen LogP contribution in [-0.4, -0.2) is 79.0 Å². The summed E-state index contributed by atoms with van der Waals surface area (Å²) in [6.07, 6.45) is 10.2. The van der Waals surface area contributed by atoms with Gasteiger partial charge in [0, 0.05) is 45.2 Å². The summed E-state index contributed by atoms with van der Waals surface area (Å²) in [5.74, 6) is 0.492. The van der Waals surface area contributed by atoms with E-state index in [1.807, 2.05) is 19.0 Å². The van der Waals surface area contributed by atoms with Gasteiger partial charge in [0.15, 0.2) is 0 Å². The third kappa shape index (κ3) is 4.90. The molecule has 2 saturated heterocycles. The highest BCUT2D eigenvalue weighted by Gasteiger charge is 2.32. The van der Waals surface area contributed by atoms with E-state index in [4.69, 9.17) is 0 Å². The number of urea groups is 1. The molecule has 0 atom stereocenters. The summed E-state index contributed by atoms with van der Waals surface area (Å²) in [5, 5.41) is 3.31. The summed E-state index contributed by atoms with van der Waals surface area (Å²) in [6.45, 7) is 3.75. The van der Waals surface area contributed by atoms with Crippen LogP contribution >= 0.6 is 0 Å². The van der Waals surface area contributed by atoms with Gasteiger partial charge in [0.25, 0.3) is 0 Å². The molecule has 6 nitrogen and oxygen atoms in total. The zero-order chi connectivity index (χ0) is 18.5. The molecule has 0 aromatic rings. The van der Waals surface area contributed by atoms with Crippen LogP contribution in [0.1, 0.15) is 57.8 Å². The number of hydrogen-bond donors (Lipinski definition) is 1. The van der Waals surface area contributed by atoms with Crippen molar-refractivity contribution in [3.05, 3.63) is 0 Å². The van der Waals surface area contributed by atoms with Crippen molar-refractivity contribution in [3.63, 3.8) is 0 Å². The molecule has 1 N–H and O–H groups in total. The zero-order valence-corrected chi connectivity index (χ0v) is 16.6. The van der Waals surface area contributed by atoms with E-state index in [0.29, 0.717) is 18.0 Å². The average molecular weight is 365 g/mol. The van der Waals surface area contributed by atoms with Crippen molar-refractivity contribution in [2.24, 2.45) is 5.92 Å². The van der Waals surface area contributed by atoms with Crippen LogP contribution in [0.3, 0.4) is 0 Å². The van der Waals surface area contributed by atoms with Gasteiger partial charge in [-0.15, -0.1) is 0 Å². The van der Waals surface area contributed by atoms with Gasteiger partial charge in [-0.3, -0.25) is 4.79 Å². The van der Waals surface area contributed by atoms with E-state index in [2.05, 4.69) is 10.2 Å². The topological polar surface area (TPSA) is 55.9 Å². The van der Waals surface area contributed by atoms with E-state index in [1.54, 1.807) is 4.90 Å². The Kier molecular flexibility index (Phi) is 6.79. The standard InChI is InChI=1S/C20H36N4O2/c1-22(2)20(26)24-14-10-18(11-15-24)23-12-8-16(9-13-23)19(25)21-17-6-4-3-5-7-17/h16-18H,3-15H2,1-2H3,(H,21,25). The number of amides is 3. The minimum absolute atomic E-state index is 0.126. The molecule has 0 bridgehead atoms. The maximum atomic E-state index is 12.6. The first-order valence-electron chi connectivity index (χ1n) is 10.5. The first-order chi connectivity index (χ1) is 12.5. The molecule has 2 aliphatic heterocycles. The highest BCUT2D eigenvalue weighted by molar-refractivity contribution is 5.79. The van der Waals surface area contributed by atoms with E-state index in [1.165, 1.54) is 19.3 Å². The Morgan fingerprint density at radius 1 is 0.846 bits per heavy atom. The fourth-order valence-electron chi connectivity index (χ4n) is 4.80. The number of likely N-dealkylation sites (tertiary alicyclic amines) is 2. The van der Waals surface area contributed by atoms with Crippen LogP contribution < -0.4 is 5.32 Å². The fraction of sp³-hybridized carbons (Fsp3) is 0.900. The number of carbonyl (C=O) groups is 2. The number of nitrogens with one attached hydrogen (secondary N) is 1. The molecule has 1 saturated carbocycles. The van der Waals surface area contributed by atoms with Gasteiger partial charge in [-0.25, -0.2) is 4.79 Å². The van der Waals surface area contributed by atoms with Crippen LogP contribution in [0.2, 0.25) is 0 Å². The van der Waals surface area contributed by atoms with Gasteiger partial charge in [-0.1, -0.05) is 19.3 Å². The number of carbonyl (C=O) groups excluding carboxylic acids is 2. The summed E-state index contributed by atoms with van der Waals surface area (Å²) in [5.41, 5.74) is 0. The van der Waals surface area contributed by atoms with Gasteiger partial charge in [0.05, 0.1) is 0 Å². The van der Waals surface area contributed by atoms with Crippen molar-refractivity contribution < 1.29 is 9.59 Å². The van der Waals surface area contributed by atoms with E-state index < -0.39 is 0 Å². The fourth-order valence-corrected chi connectivity index (χ4v) is 4.80. The summed E-state index contributed by atoms with van der Waals surface area (Å²) >= 11 is 0. The third-order valence-corrected chi connectivity index (χ3v) is 6.49. The Morgan fingerprint density at radius 2 is 1.46 bits per heavy atom. The van der Waals surface area contributed by atoms with Crippen molar-refractivity contribution in [3.8, 4) is 0 Å². The monoisotopic (exact) mass is 364 g/mol. The van der Waals surface area contributed by atoms with Gasteiger partial charge in [0.2, 0.25) is 5.91 Å². The number of rotatable bonds is 3. The van der Waals surface area contributed by atoms with Crippen molar-refractivity contribution >= 4 is 11.9 Å². The molecule has 0 unspecified atom stereocenters. The lowest BCUT2D eigenvalue weighted by atomic mass is 9.91. The molecule has 2 heterocycles. The van der Waals surface area contributed by atoms with Crippen molar-refractivity contribution in [2.45, 2.75) is 69.9 Å². The summed E-state index contributed by atoms with van der Waals surface area (Å²) < 4.78 is 0. The van der Waals surface area contributed by atoms with Crippen LogP contribution in [0.5, 0.6) is 0 Å². The Hall–Kier alpha value is -1.30. The number of nitrogens with zero attached hydrogens (tertiary/aromatic N) is 3. The van der Waals surface area contributed by atoms with E-state index in [0.717, 1.165) is 64.7 Å². The Morgan fingerprint density at radius 3 is 2.04 bits per heavy atom. The van der Waals surface area contributed by atoms with E-state index >= 15 is 0 Å². The molecule has 0 radical (unpaired) electrons. The minimum atomic E-state index is 0.126. The molecule has 3 fully saturated rings. The molecule has 0 aromatic heterocycles. The van der Waals surface area contributed by atoms with Crippen LogP contribution in [0.25, 0.3) is 0 Å². The second-order valence-electron chi connectivity index (χ2n) is 8.55. The molecule has 6 heteroatoms. The molecule has 0 spiro atoms. The largest absolute Gasteiger partial charge is 0.353 e. The molecule has 3 rings (SSSR count). The van der Waals surface area contributed by atoms with Gasteiger partial charge in [-0.05, 0) is 51.6 Å². The predicted octanol–water partition coefficient (Wildman–Crippen LogP) is 2.29. The van der Waals surface area contributed by atoms with Crippen LogP contribution in [0.15, 0.2) is 0 Å². The average Bonchev–Trinajstić information content (AvgIpc) is 2.68. The molecule has 148 valence electrons. The molecule has 0 aromatic carbocycles. The minimum Gasteiger partial charge on any atom is -0.353 e. The lowest BCUT2D eigenvalue weighted by Crippen LogP contribution is -2.52. The molecular formula is C20H36N4O2. The quantitative estimate of drug-likeness (QED) is 0.836. The van der Waals surface area contributed by atoms with Crippen molar-refractivity contribution in [1.82, 2.24) is 20.0 Å². The van der Waals surface area contributed by atoms with Crippen molar-refractivity contribution in [2.75, 3.05) is 40.3 Å². The molecular weight excluding hydrogens is 328 g/mol. The molecule has 3 aliphatic rings. The molecule has 26 heavy (non-hydrogen) atoms. The van der Waals surface area contributed by atoms with Gasteiger partial charge in [-0.2, -0.15) is 0 Å². The van der Waals surface area contributed by atoms with Gasteiger partial charge < -0.3 is 20.0 Å². The predicted molar refractivity (Wildman–Crippen MR) is 103 cm³/mol. The highest BCUT2D eigenvalue weighted by atomic mass is 16.2. The van der Waals surface area contributed by atoms with Crippen LogP contribution in [-0.2, 0) is 4.79 Å². The second kappa shape index (κ2) is 9.07. The van der Waals surface area contributed by atoms with E-state index in [9.17, 15) is 9.59 Å².